The summed E-state index contributed by atoms with van der Waals surface area (Å²) >= 11 is 0. The van der Waals surface area contributed by atoms with Crippen molar-refractivity contribution in [1.29, 1.82) is 0 Å². The van der Waals surface area contributed by atoms with Crippen LogP contribution >= 0.6 is 0 Å². The summed E-state index contributed by atoms with van der Waals surface area (Å²) in [7, 11) is 0. The van der Waals surface area contributed by atoms with Crippen LogP contribution in [-0.2, 0) is 0 Å². The Balaban J connectivity index is 1.90. The van der Waals surface area contributed by atoms with Gasteiger partial charge >= 0.3 is 0 Å². The van der Waals surface area contributed by atoms with E-state index in [0.29, 0.717) is 0 Å². The fourth-order valence-corrected chi connectivity index (χ4v) is 3.42. The molecule has 0 bridgehead atoms. The van der Waals surface area contributed by atoms with Crippen molar-refractivity contribution in [2.75, 3.05) is 0 Å². The molecule has 0 unspecified atom stereocenters. The molecule has 5 aromatic rings. The number of pyridine rings is 3. The summed E-state index contributed by atoms with van der Waals surface area (Å²) in [6, 6.07) is 20.5. The van der Waals surface area contributed by atoms with Crippen LogP contribution in [0.15, 0.2) is 79.3 Å². The van der Waals surface area contributed by atoms with Gasteiger partial charge in [-0.15, -0.1) is 0 Å². The van der Waals surface area contributed by atoms with Crippen molar-refractivity contribution >= 4 is 16.4 Å². The van der Waals surface area contributed by atoms with Crippen LogP contribution < -0.4 is 0 Å². The molecule has 124 valence electrons. The number of fused-ring (bicyclic) bond motifs is 2. The monoisotopic (exact) mass is 336 g/mol. The molecule has 0 fully saturated rings. The minimum Gasteiger partial charge on any atom is -0.256 e. The van der Waals surface area contributed by atoms with Crippen molar-refractivity contribution in [2.45, 2.75) is 6.92 Å². The van der Waals surface area contributed by atoms with Crippen molar-refractivity contribution in [3.63, 3.8) is 0 Å². The lowest BCUT2D eigenvalue weighted by Gasteiger charge is -2.08. The zero-order valence-electron chi connectivity index (χ0n) is 14.3. The highest BCUT2D eigenvalue weighted by atomic mass is 15.2. The van der Waals surface area contributed by atoms with Crippen LogP contribution in [0, 0.1) is 6.92 Å². The molecule has 4 aromatic heterocycles. The predicted octanol–water partition coefficient (Wildman–Crippen LogP) is 4.92. The summed E-state index contributed by atoms with van der Waals surface area (Å²) in [6.07, 6.45) is 5.64. The lowest BCUT2D eigenvalue weighted by atomic mass is 9.98. The highest BCUT2D eigenvalue weighted by Gasteiger charge is 2.18. The molecule has 5 rings (SSSR count). The van der Waals surface area contributed by atoms with Gasteiger partial charge in [-0.2, -0.15) is 5.10 Å². The van der Waals surface area contributed by atoms with Gasteiger partial charge in [0.25, 0.3) is 0 Å². The molecule has 26 heavy (non-hydrogen) atoms. The first-order valence-corrected chi connectivity index (χ1v) is 8.56. The molecular formula is C22H16N4. The molecule has 4 nitrogen and oxygen atoms in total. The Labute approximate surface area is 150 Å². The molecule has 0 aliphatic rings. The third-order valence-corrected chi connectivity index (χ3v) is 4.62. The van der Waals surface area contributed by atoms with E-state index in [1.807, 2.05) is 47.2 Å². The maximum Gasteiger partial charge on any atom is 0.120 e. The molecule has 0 saturated carbocycles. The van der Waals surface area contributed by atoms with Gasteiger partial charge in [-0.1, -0.05) is 24.3 Å². The average Bonchev–Trinajstić information content (AvgIpc) is 3.07. The molecule has 0 radical (unpaired) electrons. The Morgan fingerprint density at radius 2 is 1.77 bits per heavy atom. The van der Waals surface area contributed by atoms with Gasteiger partial charge in [0.05, 0.1) is 16.7 Å². The number of aromatic nitrogens is 4. The number of rotatable bonds is 2. The van der Waals surface area contributed by atoms with E-state index in [2.05, 4.69) is 47.2 Å². The van der Waals surface area contributed by atoms with Crippen molar-refractivity contribution < 1.29 is 0 Å². The fourth-order valence-electron chi connectivity index (χ4n) is 3.42. The maximum atomic E-state index is 4.82. The van der Waals surface area contributed by atoms with Gasteiger partial charge in [0.1, 0.15) is 5.69 Å². The van der Waals surface area contributed by atoms with Gasteiger partial charge in [-0.3, -0.25) is 9.97 Å². The van der Waals surface area contributed by atoms with E-state index in [-0.39, 0.29) is 0 Å². The topological polar surface area (TPSA) is 43.1 Å². The number of benzene rings is 1. The average molecular weight is 336 g/mol. The van der Waals surface area contributed by atoms with Crippen molar-refractivity contribution in [3.05, 3.63) is 84.8 Å². The van der Waals surface area contributed by atoms with E-state index >= 15 is 0 Å². The van der Waals surface area contributed by atoms with Gasteiger partial charge in [0.2, 0.25) is 0 Å². The zero-order chi connectivity index (χ0) is 17.5. The minimum atomic E-state index is 0.864. The Kier molecular flexibility index (Phi) is 3.28. The van der Waals surface area contributed by atoms with E-state index in [1.165, 1.54) is 5.56 Å². The summed E-state index contributed by atoms with van der Waals surface area (Å²) in [5.41, 5.74) is 7.20. The molecule has 0 aliphatic heterocycles. The first kappa shape index (κ1) is 14.8. The van der Waals surface area contributed by atoms with Crippen LogP contribution in [-0.4, -0.2) is 19.6 Å². The Morgan fingerprint density at radius 3 is 2.65 bits per heavy atom. The second-order valence-corrected chi connectivity index (χ2v) is 6.35. The Morgan fingerprint density at radius 1 is 0.846 bits per heavy atom. The normalized spacial score (nSPS) is 11.3. The molecule has 1 aromatic carbocycles. The molecule has 0 aliphatic carbocycles. The van der Waals surface area contributed by atoms with Crippen molar-refractivity contribution in [1.82, 2.24) is 19.6 Å². The standard InChI is InChI=1S/C22H16N4/c1-15-8-9-16-17(10-12-24-19(16)14-15)21-20-7-3-5-13-26(20)25-22(21)18-6-2-4-11-23-18/h2-14H,1H3. The van der Waals surface area contributed by atoms with E-state index < -0.39 is 0 Å². The summed E-state index contributed by atoms with van der Waals surface area (Å²) in [5.74, 6) is 0. The molecular weight excluding hydrogens is 320 g/mol. The van der Waals surface area contributed by atoms with E-state index in [0.717, 1.165) is 38.9 Å². The zero-order valence-corrected chi connectivity index (χ0v) is 14.3. The van der Waals surface area contributed by atoms with Crippen LogP contribution in [0.5, 0.6) is 0 Å². The first-order chi connectivity index (χ1) is 12.8. The van der Waals surface area contributed by atoms with Crippen LogP contribution in [0.3, 0.4) is 0 Å². The van der Waals surface area contributed by atoms with E-state index in [1.54, 1.807) is 6.20 Å². The highest BCUT2D eigenvalue weighted by Crippen LogP contribution is 2.37. The largest absolute Gasteiger partial charge is 0.256 e. The minimum absolute atomic E-state index is 0.864. The van der Waals surface area contributed by atoms with Crippen molar-refractivity contribution in [3.8, 4) is 22.5 Å². The van der Waals surface area contributed by atoms with Gasteiger partial charge in [-0.25, -0.2) is 4.52 Å². The number of aryl methyl sites for hydroxylation is 1. The molecule has 4 heteroatoms. The summed E-state index contributed by atoms with van der Waals surface area (Å²) < 4.78 is 1.92. The van der Waals surface area contributed by atoms with Crippen LogP contribution in [0.2, 0.25) is 0 Å². The predicted molar refractivity (Wildman–Crippen MR) is 104 cm³/mol. The highest BCUT2D eigenvalue weighted by molar-refractivity contribution is 6.03. The van der Waals surface area contributed by atoms with E-state index in [4.69, 9.17) is 5.10 Å². The first-order valence-electron chi connectivity index (χ1n) is 8.56. The molecule has 0 N–H and O–H groups in total. The molecule has 0 atom stereocenters. The van der Waals surface area contributed by atoms with Gasteiger partial charge in [0.15, 0.2) is 0 Å². The number of hydrogen-bond acceptors (Lipinski definition) is 3. The lowest BCUT2D eigenvalue weighted by molar-refractivity contribution is 0.962. The fraction of sp³-hybridized carbons (Fsp3) is 0.0455. The van der Waals surface area contributed by atoms with Gasteiger partial charge in [-0.05, 0) is 54.4 Å². The smallest absolute Gasteiger partial charge is 0.120 e. The van der Waals surface area contributed by atoms with Gasteiger partial charge in [0, 0.05) is 29.5 Å². The Bertz CT molecular complexity index is 1240. The lowest BCUT2D eigenvalue weighted by Crippen LogP contribution is -1.89. The van der Waals surface area contributed by atoms with Crippen LogP contribution in [0.1, 0.15) is 5.56 Å². The number of hydrogen-bond donors (Lipinski definition) is 0. The van der Waals surface area contributed by atoms with Crippen LogP contribution in [0.25, 0.3) is 38.9 Å². The number of nitrogens with zero attached hydrogens (tertiary/aromatic N) is 4. The molecule has 0 spiro atoms. The van der Waals surface area contributed by atoms with E-state index in [9.17, 15) is 0 Å². The summed E-state index contributed by atoms with van der Waals surface area (Å²) in [4.78, 5) is 9.09. The molecule has 0 amide bonds. The van der Waals surface area contributed by atoms with Crippen molar-refractivity contribution in [2.24, 2.45) is 0 Å². The summed E-state index contributed by atoms with van der Waals surface area (Å²) in [5, 5.41) is 5.94. The summed E-state index contributed by atoms with van der Waals surface area (Å²) in [6.45, 7) is 2.09. The third-order valence-electron chi connectivity index (χ3n) is 4.62. The quantitative estimate of drug-likeness (QED) is 0.459. The Hall–Kier alpha value is -3.53. The third kappa shape index (κ3) is 2.27. The molecule has 0 saturated heterocycles. The molecule has 4 heterocycles. The van der Waals surface area contributed by atoms with Crippen LogP contribution in [0.4, 0.5) is 0 Å². The van der Waals surface area contributed by atoms with Gasteiger partial charge < -0.3 is 0 Å². The second kappa shape index (κ2) is 5.77. The second-order valence-electron chi connectivity index (χ2n) is 6.35. The SMILES string of the molecule is Cc1ccc2c(-c3c(-c4ccccn4)nn4ccccc34)ccnc2c1. The maximum absolute atomic E-state index is 4.82.